The topological polar surface area (TPSA) is 53.1 Å². The third-order valence-electron chi connectivity index (χ3n) is 3.16. The van der Waals surface area contributed by atoms with Gasteiger partial charge in [-0.1, -0.05) is 0 Å². The molecule has 0 amide bonds. The Morgan fingerprint density at radius 2 is 1.73 bits per heavy atom. The van der Waals surface area contributed by atoms with E-state index in [0.717, 1.165) is 6.07 Å². The van der Waals surface area contributed by atoms with Gasteiger partial charge in [0, 0.05) is 19.2 Å². The zero-order valence-electron chi connectivity index (χ0n) is 13.8. The third kappa shape index (κ3) is 4.97. The van der Waals surface area contributed by atoms with E-state index in [2.05, 4.69) is 20.6 Å². The van der Waals surface area contributed by atoms with E-state index in [9.17, 15) is 26.3 Å². The Morgan fingerprint density at radius 3 is 2.35 bits per heavy atom. The number of benzene rings is 1. The number of hydrogen-bond acceptors (Lipinski definition) is 5. The van der Waals surface area contributed by atoms with Crippen LogP contribution in [0.25, 0.3) is 0 Å². The molecule has 0 aliphatic heterocycles. The smallest absolute Gasteiger partial charge is 0.353 e. The summed E-state index contributed by atoms with van der Waals surface area (Å²) in [6.07, 6.45) is -4.77. The largest absolute Gasteiger partial charge is 0.433 e. The van der Waals surface area contributed by atoms with Crippen molar-refractivity contribution in [2.24, 2.45) is 0 Å². The lowest BCUT2D eigenvalue weighted by Crippen LogP contribution is -2.22. The number of hydrogen-bond donors (Lipinski definition) is 2. The fourth-order valence-electron chi connectivity index (χ4n) is 1.89. The van der Waals surface area contributed by atoms with Gasteiger partial charge < -0.3 is 15.5 Å². The zero-order chi connectivity index (χ0) is 19.5. The number of aromatic nitrogens is 2. The van der Waals surface area contributed by atoms with E-state index in [1.54, 1.807) is 19.0 Å². The van der Waals surface area contributed by atoms with E-state index >= 15 is 0 Å². The Hall–Kier alpha value is -2.56. The molecule has 0 saturated heterocycles. The molecule has 0 fully saturated rings. The molecule has 2 aromatic rings. The maximum Gasteiger partial charge on any atom is 0.433 e. The number of rotatable bonds is 6. The second-order valence-electron chi connectivity index (χ2n) is 5.54. The van der Waals surface area contributed by atoms with E-state index in [1.807, 2.05) is 0 Å². The maximum absolute atomic E-state index is 13.7. The summed E-state index contributed by atoms with van der Waals surface area (Å²) in [6.45, 7) is 0.757. The first-order valence-electron chi connectivity index (χ1n) is 7.33. The normalized spacial score (nSPS) is 11.7. The highest BCUT2D eigenvalue weighted by molar-refractivity contribution is 5.58. The van der Waals surface area contributed by atoms with E-state index in [-0.39, 0.29) is 12.5 Å². The van der Waals surface area contributed by atoms with Gasteiger partial charge in [-0.05, 0) is 26.2 Å². The number of likely N-dealkylation sites (N-methyl/N-ethyl adjacent to an activating group) is 1. The SMILES string of the molecule is CN(C)CCNc1nc(Nc2ccc(F)c(F)c2F)cc(C(F)(F)F)n1. The van der Waals surface area contributed by atoms with Gasteiger partial charge in [0.2, 0.25) is 5.95 Å². The summed E-state index contributed by atoms with van der Waals surface area (Å²) in [5, 5.41) is 4.83. The molecule has 0 saturated carbocycles. The molecule has 0 bridgehead atoms. The van der Waals surface area contributed by atoms with Crippen LogP contribution < -0.4 is 10.6 Å². The lowest BCUT2D eigenvalue weighted by atomic mass is 10.2. The van der Waals surface area contributed by atoms with Crippen LogP contribution in [-0.2, 0) is 6.18 Å². The second kappa shape index (κ2) is 7.77. The number of anilines is 3. The summed E-state index contributed by atoms with van der Waals surface area (Å²) in [4.78, 5) is 8.95. The highest BCUT2D eigenvalue weighted by Crippen LogP contribution is 2.31. The molecule has 1 heterocycles. The van der Waals surface area contributed by atoms with Crippen LogP contribution in [0.3, 0.4) is 0 Å². The molecule has 1 aromatic heterocycles. The lowest BCUT2D eigenvalue weighted by Gasteiger charge is -2.14. The van der Waals surface area contributed by atoms with Gasteiger partial charge in [-0.25, -0.2) is 18.2 Å². The molecular weight excluding hydrogens is 364 g/mol. The highest BCUT2D eigenvalue weighted by Gasteiger charge is 2.34. The summed E-state index contributed by atoms with van der Waals surface area (Å²) in [6, 6.07) is 2.03. The van der Waals surface area contributed by atoms with Crippen molar-refractivity contribution in [2.75, 3.05) is 37.8 Å². The third-order valence-corrected chi connectivity index (χ3v) is 3.16. The highest BCUT2D eigenvalue weighted by atomic mass is 19.4. The Balaban J connectivity index is 2.33. The monoisotopic (exact) mass is 379 g/mol. The summed E-state index contributed by atoms with van der Waals surface area (Å²) in [5.41, 5.74) is -1.83. The molecule has 0 aliphatic rings. The van der Waals surface area contributed by atoms with Gasteiger partial charge in [-0.15, -0.1) is 0 Å². The first-order valence-corrected chi connectivity index (χ1v) is 7.33. The molecule has 11 heteroatoms. The molecule has 2 rings (SSSR count). The number of halogens is 6. The summed E-state index contributed by atoms with van der Waals surface area (Å²) in [5.74, 6) is -5.50. The van der Waals surface area contributed by atoms with E-state index in [1.165, 1.54) is 0 Å². The molecule has 26 heavy (non-hydrogen) atoms. The molecular formula is C15H15F6N5. The minimum Gasteiger partial charge on any atom is -0.353 e. The van der Waals surface area contributed by atoms with E-state index < -0.39 is 40.8 Å². The zero-order valence-corrected chi connectivity index (χ0v) is 13.8. The van der Waals surface area contributed by atoms with Crippen molar-refractivity contribution in [3.05, 3.63) is 41.3 Å². The second-order valence-corrected chi connectivity index (χ2v) is 5.54. The lowest BCUT2D eigenvalue weighted by molar-refractivity contribution is -0.141. The fraction of sp³-hybridized carbons (Fsp3) is 0.333. The van der Waals surface area contributed by atoms with Crippen molar-refractivity contribution in [3.8, 4) is 0 Å². The van der Waals surface area contributed by atoms with Crippen LogP contribution >= 0.6 is 0 Å². The Labute approximate surface area is 145 Å². The molecule has 0 spiro atoms. The molecule has 0 aliphatic carbocycles. The first-order chi connectivity index (χ1) is 12.1. The van der Waals surface area contributed by atoms with Crippen molar-refractivity contribution < 1.29 is 26.3 Å². The Bertz CT molecular complexity index is 778. The molecule has 0 atom stereocenters. The van der Waals surface area contributed by atoms with Crippen molar-refractivity contribution >= 4 is 17.5 Å². The van der Waals surface area contributed by atoms with Crippen molar-refractivity contribution in [1.82, 2.24) is 14.9 Å². The van der Waals surface area contributed by atoms with Crippen LogP contribution in [0.5, 0.6) is 0 Å². The maximum atomic E-state index is 13.7. The van der Waals surface area contributed by atoms with Gasteiger partial charge in [0.1, 0.15) is 5.82 Å². The van der Waals surface area contributed by atoms with Crippen LogP contribution in [0.4, 0.5) is 43.8 Å². The average Bonchev–Trinajstić information content (AvgIpc) is 2.54. The predicted octanol–water partition coefficient (Wildman–Crippen LogP) is 3.63. The minimum atomic E-state index is -4.77. The van der Waals surface area contributed by atoms with Gasteiger partial charge >= 0.3 is 6.18 Å². The van der Waals surface area contributed by atoms with Crippen LogP contribution in [0.1, 0.15) is 5.69 Å². The molecule has 142 valence electrons. The van der Waals surface area contributed by atoms with Gasteiger partial charge in [-0.3, -0.25) is 0 Å². The molecule has 5 nitrogen and oxygen atoms in total. The van der Waals surface area contributed by atoms with Gasteiger partial charge in [0.25, 0.3) is 0 Å². The van der Waals surface area contributed by atoms with Gasteiger partial charge in [0.15, 0.2) is 23.1 Å². The van der Waals surface area contributed by atoms with Crippen LogP contribution in [0.15, 0.2) is 18.2 Å². The number of alkyl halides is 3. The summed E-state index contributed by atoms with van der Waals surface area (Å²) < 4.78 is 78.9. The van der Waals surface area contributed by atoms with Gasteiger partial charge in [-0.2, -0.15) is 18.2 Å². The quantitative estimate of drug-likeness (QED) is 0.593. The molecule has 1 aromatic carbocycles. The number of nitrogens with zero attached hydrogens (tertiary/aromatic N) is 3. The van der Waals surface area contributed by atoms with Crippen LogP contribution in [0.2, 0.25) is 0 Å². The minimum absolute atomic E-state index is 0.257. The molecule has 0 radical (unpaired) electrons. The van der Waals surface area contributed by atoms with Crippen molar-refractivity contribution in [2.45, 2.75) is 6.18 Å². The number of nitrogens with one attached hydrogen (secondary N) is 2. The standard InChI is InChI=1S/C15H15F6N5/c1-26(2)6-5-22-14-24-10(15(19,20)21)7-11(25-14)23-9-4-3-8(16)12(17)13(9)18/h3-4,7H,5-6H2,1-2H3,(H2,22,23,24,25). The van der Waals surface area contributed by atoms with Crippen molar-refractivity contribution in [1.29, 1.82) is 0 Å². The summed E-state index contributed by atoms with van der Waals surface area (Å²) >= 11 is 0. The Morgan fingerprint density at radius 1 is 1.04 bits per heavy atom. The van der Waals surface area contributed by atoms with Crippen LogP contribution in [-0.4, -0.2) is 42.1 Å². The molecule has 2 N–H and O–H groups in total. The van der Waals surface area contributed by atoms with Crippen LogP contribution in [0, 0.1) is 17.5 Å². The van der Waals surface area contributed by atoms with Crippen molar-refractivity contribution in [3.63, 3.8) is 0 Å². The Kier molecular flexibility index (Phi) is 5.90. The molecule has 0 unspecified atom stereocenters. The summed E-state index contributed by atoms with van der Waals surface area (Å²) in [7, 11) is 3.54. The van der Waals surface area contributed by atoms with Gasteiger partial charge in [0.05, 0.1) is 5.69 Å². The van der Waals surface area contributed by atoms with E-state index in [0.29, 0.717) is 18.7 Å². The average molecular weight is 379 g/mol. The predicted molar refractivity (Wildman–Crippen MR) is 83.7 cm³/mol. The first kappa shape index (κ1) is 19.8. The van der Waals surface area contributed by atoms with E-state index in [4.69, 9.17) is 0 Å². The fourth-order valence-corrected chi connectivity index (χ4v) is 1.89.